The summed E-state index contributed by atoms with van der Waals surface area (Å²) in [5, 5.41) is 4.76. The van der Waals surface area contributed by atoms with Crippen molar-refractivity contribution in [2.75, 3.05) is 52.4 Å². The maximum atomic E-state index is 4.76. The topological polar surface area (TPSA) is 27.5 Å². The molecule has 2 aliphatic rings. The second-order valence-electron chi connectivity index (χ2n) is 7.92. The van der Waals surface area contributed by atoms with Gasteiger partial charge in [0.25, 0.3) is 0 Å². The molecular weight excluding hydrogens is 310 g/mol. The van der Waals surface area contributed by atoms with Gasteiger partial charge in [-0.1, -0.05) is 13.0 Å². The fourth-order valence-corrected chi connectivity index (χ4v) is 4.12. The molecule has 0 radical (unpaired) electrons. The second kappa shape index (κ2) is 8.97. The molecule has 0 amide bonds. The van der Waals surface area contributed by atoms with Gasteiger partial charge in [-0.15, -0.1) is 6.58 Å². The molecule has 0 N–H and O–H groups in total. The Balaban J connectivity index is 1.45. The van der Waals surface area contributed by atoms with E-state index in [0.29, 0.717) is 0 Å². The SMILES string of the molecule is C=CCN1CCN(CCn2cc(CN3CCC[C@H](C)C3)c(C)n2)CC1. The van der Waals surface area contributed by atoms with Crippen LogP contribution in [-0.2, 0) is 13.1 Å². The largest absolute Gasteiger partial charge is 0.299 e. The Kier molecular flexibility index (Phi) is 6.68. The zero-order valence-electron chi connectivity index (χ0n) is 16.2. The average molecular weight is 346 g/mol. The Labute approximate surface area is 153 Å². The summed E-state index contributed by atoms with van der Waals surface area (Å²) in [7, 11) is 0. The third-order valence-corrected chi connectivity index (χ3v) is 5.68. The molecule has 0 unspecified atom stereocenters. The summed E-state index contributed by atoms with van der Waals surface area (Å²) >= 11 is 0. The van der Waals surface area contributed by atoms with Crippen LogP contribution in [0.2, 0.25) is 0 Å². The molecule has 2 saturated heterocycles. The van der Waals surface area contributed by atoms with Crippen molar-refractivity contribution >= 4 is 0 Å². The highest BCUT2D eigenvalue weighted by Crippen LogP contribution is 2.19. The first-order valence-electron chi connectivity index (χ1n) is 9.95. The van der Waals surface area contributed by atoms with E-state index in [1.165, 1.54) is 37.2 Å². The summed E-state index contributed by atoms with van der Waals surface area (Å²) in [5.41, 5.74) is 2.61. The molecule has 140 valence electrons. The standard InChI is InChI=1S/C20H35N5/c1-4-7-22-9-11-23(12-10-22)13-14-25-17-20(19(3)21-25)16-24-8-5-6-18(2)15-24/h4,17-18H,1,5-16H2,2-3H3/t18-/m0/s1. The van der Waals surface area contributed by atoms with Gasteiger partial charge in [-0.3, -0.25) is 19.4 Å². The van der Waals surface area contributed by atoms with Gasteiger partial charge in [-0.05, 0) is 32.2 Å². The van der Waals surface area contributed by atoms with Gasteiger partial charge < -0.3 is 0 Å². The van der Waals surface area contributed by atoms with Crippen LogP contribution in [-0.4, -0.2) is 76.8 Å². The summed E-state index contributed by atoms with van der Waals surface area (Å²) in [6, 6.07) is 0. The Hall–Kier alpha value is -1.17. The van der Waals surface area contributed by atoms with Gasteiger partial charge in [0.15, 0.2) is 0 Å². The lowest BCUT2D eigenvalue weighted by Crippen LogP contribution is -2.47. The Bertz CT molecular complexity index is 544. The van der Waals surface area contributed by atoms with Crippen LogP contribution in [0.25, 0.3) is 0 Å². The number of piperidine rings is 1. The van der Waals surface area contributed by atoms with Crippen molar-refractivity contribution in [2.24, 2.45) is 5.92 Å². The molecular formula is C20H35N5. The summed E-state index contributed by atoms with van der Waals surface area (Å²) in [5.74, 6) is 0.837. The van der Waals surface area contributed by atoms with E-state index in [1.807, 2.05) is 6.08 Å². The summed E-state index contributed by atoms with van der Waals surface area (Å²) in [4.78, 5) is 7.63. The van der Waals surface area contributed by atoms with Crippen LogP contribution in [0.1, 0.15) is 31.0 Å². The zero-order chi connectivity index (χ0) is 17.6. The fraction of sp³-hybridized carbons (Fsp3) is 0.750. The predicted octanol–water partition coefficient (Wildman–Crippen LogP) is 2.23. The van der Waals surface area contributed by atoms with Crippen molar-refractivity contribution in [3.63, 3.8) is 0 Å². The minimum atomic E-state index is 0.837. The molecule has 2 aliphatic heterocycles. The summed E-state index contributed by atoms with van der Waals surface area (Å²) in [6.07, 6.45) is 7.01. The highest BCUT2D eigenvalue weighted by atomic mass is 15.3. The predicted molar refractivity (Wildman–Crippen MR) is 104 cm³/mol. The van der Waals surface area contributed by atoms with Gasteiger partial charge >= 0.3 is 0 Å². The van der Waals surface area contributed by atoms with E-state index in [-0.39, 0.29) is 0 Å². The van der Waals surface area contributed by atoms with Crippen molar-refractivity contribution < 1.29 is 0 Å². The molecule has 2 fully saturated rings. The summed E-state index contributed by atoms with van der Waals surface area (Å²) < 4.78 is 2.16. The van der Waals surface area contributed by atoms with E-state index in [1.54, 1.807) is 0 Å². The van der Waals surface area contributed by atoms with Crippen LogP contribution >= 0.6 is 0 Å². The first-order valence-corrected chi connectivity index (χ1v) is 9.95. The maximum absolute atomic E-state index is 4.76. The molecule has 25 heavy (non-hydrogen) atoms. The number of hydrogen-bond donors (Lipinski definition) is 0. The highest BCUT2D eigenvalue weighted by Gasteiger charge is 2.19. The molecule has 5 nitrogen and oxygen atoms in total. The fourth-order valence-electron chi connectivity index (χ4n) is 4.12. The van der Waals surface area contributed by atoms with Gasteiger partial charge in [0.2, 0.25) is 0 Å². The number of aromatic nitrogens is 2. The average Bonchev–Trinajstić information content (AvgIpc) is 2.94. The van der Waals surface area contributed by atoms with E-state index < -0.39 is 0 Å². The number of likely N-dealkylation sites (tertiary alicyclic amines) is 1. The van der Waals surface area contributed by atoms with Crippen molar-refractivity contribution in [1.82, 2.24) is 24.5 Å². The third kappa shape index (κ3) is 5.40. The summed E-state index contributed by atoms with van der Waals surface area (Å²) in [6.45, 7) is 19.7. The Morgan fingerprint density at radius 1 is 1.12 bits per heavy atom. The minimum Gasteiger partial charge on any atom is -0.299 e. The first kappa shape index (κ1) is 18.6. The van der Waals surface area contributed by atoms with Gasteiger partial charge in [0.05, 0.1) is 12.2 Å². The van der Waals surface area contributed by atoms with Crippen LogP contribution in [0, 0.1) is 12.8 Å². The molecule has 0 aliphatic carbocycles. The Morgan fingerprint density at radius 3 is 2.60 bits per heavy atom. The van der Waals surface area contributed by atoms with E-state index in [9.17, 15) is 0 Å². The quantitative estimate of drug-likeness (QED) is 0.708. The first-order chi connectivity index (χ1) is 12.1. The molecule has 0 saturated carbocycles. The molecule has 3 heterocycles. The van der Waals surface area contributed by atoms with E-state index >= 15 is 0 Å². The molecule has 1 aromatic heterocycles. The molecule has 5 heteroatoms. The third-order valence-electron chi connectivity index (χ3n) is 5.68. The Morgan fingerprint density at radius 2 is 1.88 bits per heavy atom. The monoisotopic (exact) mass is 345 g/mol. The number of aryl methyl sites for hydroxylation is 1. The van der Waals surface area contributed by atoms with Gasteiger partial charge in [-0.25, -0.2) is 0 Å². The van der Waals surface area contributed by atoms with Crippen LogP contribution in [0.3, 0.4) is 0 Å². The van der Waals surface area contributed by atoms with Crippen molar-refractivity contribution in [3.8, 4) is 0 Å². The minimum absolute atomic E-state index is 0.837. The molecule has 0 spiro atoms. The van der Waals surface area contributed by atoms with Crippen molar-refractivity contribution in [1.29, 1.82) is 0 Å². The molecule has 3 rings (SSSR count). The van der Waals surface area contributed by atoms with Crippen LogP contribution in [0.4, 0.5) is 0 Å². The number of rotatable bonds is 7. The smallest absolute Gasteiger partial charge is 0.0638 e. The van der Waals surface area contributed by atoms with E-state index in [0.717, 1.165) is 58.3 Å². The highest BCUT2D eigenvalue weighted by molar-refractivity contribution is 5.15. The molecule has 0 bridgehead atoms. The molecule has 1 atom stereocenters. The van der Waals surface area contributed by atoms with Crippen LogP contribution in [0.15, 0.2) is 18.9 Å². The normalized spacial score (nSPS) is 23.8. The van der Waals surface area contributed by atoms with Crippen molar-refractivity contribution in [3.05, 3.63) is 30.1 Å². The number of piperazine rings is 1. The zero-order valence-corrected chi connectivity index (χ0v) is 16.2. The molecule has 0 aromatic carbocycles. The molecule has 1 aromatic rings. The van der Waals surface area contributed by atoms with Crippen LogP contribution in [0.5, 0.6) is 0 Å². The van der Waals surface area contributed by atoms with E-state index in [2.05, 4.69) is 46.0 Å². The number of nitrogens with zero attached hydrogens (tertiary/aromatic N) is 5. The van der Waals surface area contributed by atoms with Crippen molar-refractivity contribution in [2.45, 2.75) is 39.8 Å². The lowest BCUT2D eigenvalue weighted by Gasteiger charge is -2.34. The second-order valence-corrected chi connectivity index (χ2v) is 7.92. The number of hydrogen-bond acceptors (Lipinski definition) is 4. The van der Waals surface area contributed by atoms with Gasteiger partial charge in [0, 0.05) is 64.1 Å². The van der Waals surface area contributed by atoms with Gasteiger partial charge in [0.1, 0.15) is 0 Å². The van der Waals surface area contributed by atoms with Crippen LogP contribution < -0.4 is 0 Å². The maximum Gasteiger partial charge on any atom is 0.0638 e. The van der Waals surface area contributed by atoms with E-state index in [4.69, 9.17) is 5.10 Å². The lowest BCUT2D eigenvalue weighted by molar-refractivity contribution is 0.138. The van der Waals surface area contributed by atoms with Gasteiger partial charge in [-0.2, -0.15) is 5.10 Å². The lowest BCUT2D eigenvalue weighted by atomic mass is 10.00.